The molecule has 0 bridgehead atoms. The SMILES string of the molecule is CCOC(=O)C(CC)[C@]1(C(F)(F)F)N[C@H]2CCN(C(=O)OCc3ccccc3)[C@H]2O1. The number of amides is 1. The van der Waals surface area contributed by atoms with E-state index >= 15 is 0 Å². The molecule has 0 radical (unpaired) electrons. The Morgan fingerprint density at radius 1 is 1.27 bits per heavy atom. The standard InChI is InChI=1S/C20H25F3N2O5/c1-3-14(17(26)28-4-2)19(20(21,22)23)24-15-10-11-25(16(15)30-19)18(27)29-12-13-8-6-5-7-9-13/h5-9,14-16,24H,3-4,10-12H2,1-2H3/t14?,15-,16-,19-/m0/s1. The molecule has 1 N–H and O–H groups in total. The van der Waals surface area contributed by atoms with E-state index in [9.17, 15) is 22.8 Å². The number of benzene rings is 1. The molecular weight excluding hydrogens is 405 g/mol. The predicted molar refractivity (Wildman–Crippen MR) is 98.9 cm³/mol. The van der Waals surface area contributed by atoms with Crippen LogP contribution in [0.3, 0.4) is 0 Å². The minimum absolute atomic E-state index is 0.00812. The van der Waals surface area contributed by atoms with Crippen molar-refractivity contribution in [1.29, 1.82) is 0 Å². The smallest absolute Gasteiger partial charge is 0.432 e. The van der Waals surface area contributed by atoms with Crippen LogP contribution in [0.2, 0.25) is 0 Å². The van der Waals surface area contributed by atoms with Gasteiger partial charge in [-0.1, -0.05) is 37.3 Å². The molecule has 0 spiro atoms. The van der Waals surface area contributed by atoms with Crippen molar-refractivity contribution in [2.75, 3.05) is 13.2 Å². The molecule has 7 nitrogen and oxygen atoms in total. The van der Waals surface area contributed by atoms with Crippen molar-refractivity contribution in [2.24, 2.45) is 5.92 Å². The van der Waals surface area contributed by atoms with E-state index in [-0.39, 0.29) is 32.6 Å². The lowest BCUT2D eigenvalue weighted by molar-refractivity contribution is -0.305. The van der Waals surface area contributed by atoms with Crippen LogP contribution in [0.1, 0.15) is 32.3 Å². The number of hydrogen-bond donors (Lipinski definition) is 1. The molecular formula is C20H25F3N2O5. The van der Waals surface area contributed by atoms with Crippen LogP contribution in [0, 0.1) is 5.92 Å². The fourth-order valence-electron chi connectivity index (χ4n) is 3.94. The van der Waals surface area contributed by atoms with Crippen molar-refractivity contribution in [2.45, 2.75) is 57.5 Å². The molecule has 2 saturated heterocycles. The summed E-state index contributed by atoms with van der Waals surface area (Å²) in [6.07, 6.45) is -6.77. The number of esters is 1. The Morgan fingerprint density at radius 3 is 2.57 bits per heavy atom. The summed E-state index contributed by atoms with van der Waals surface area (Å²) in [5.74, 6) is -2.60. The Kier molecular flexibility index (Phi) is 6.56. The minimum atomic E-state index is -4.90. The lowest BCUT2D eigenvalue weighted by Crippen LogP contribution is -2.63. The van der Waals surface area contributed by atoms with Crippen molar-refractivity contribution >= 4 is 12.1 Å². The average molecular weight is 430 g/mol. The number of hydrogen-bond acceptors (Lipinski definition) is 6. The Bertz CT molecular complexity index is 761. The number of rotatable bonds is 6. The Hall–Kier alpha value is -2.33. The first kappa shape index (κ1) is 22.4. The molecule has 1 aromatic carbocycles. The Labute approximate surface area is 172 Å². The molecule has 10 heteroatoms. The van der Waals surface area contributed by atoms with Crippen LogP contribution in [0.4, 0.5) is 18.0 Å². The van der Waals surface area contributed by atoms with Gasteiger partial charge in [0.1, 0.15) is 12.5 Å². The van der Waals surface area contributed by atoms with Crippen molar-refractivity contribution in [3.05, 3.63) is 35.9 Å². The highest BCUT2D eigenvalue weighted by Crippen LogP contribution is 2.46. The van der Waals surface area contributed by atoms with Crippen LogP contribution in [0.15, 0.2) is 30.3 Å². The van der Waals surface area contributed by atoms with Crippen molar-refractivity contribution < 1.29 is 37.0 Å². The van der Waals surface area contributed by atoms with Gasteiger partial charge in [-0.15, -0.1) is 0 Å². The van der Waals surface area contributed by atoms with Crippen LogP contribution in [-0.4, -0.2) is 54.3 Å². The van der Waals surface area contributed by atoms with Gasteiger partial charge in [-0.25, -0.2) is 4.79 Å². The zero-order chi connectivity index (χ0) is 21.9. The first-order valence-electron chi connectivity index (χ1n) is 9.89. The molecule has 1 aromatic rings. The van der Waals surface area contributed by atoms with Gasteiger partial charge in [0, 0.05) is 6.54 Å². The van der Waals surface area contributed by atoms with Crippen LogP contribution in [0.25, 0.3) is 0 Å². The lowest BCUT2D eigenvalue weighted by Gasteiger charge is -2.38. The summed E-state index contributed by atoms with van der Waals surface area (Å²) in [5, 5.41) is 2.46. The highest BCUT2D eigenvalue weighted by atomic mass is 19.4. The summed E-state index contributed by atoms with van der Waals surface area (Å²) in [6.45, 7) is 3.10. The quantitative estimate of drug-likeness (QED) is 0.699. The van der Waals surface area contributed by atoms with E-state index in [1.807, 2.05) is 6.07 Å². The van der Waals surface area contributed by atoms with Gasteiger partial charge in [0.2, 0.25) is 5.72 Å². The second kappa shape index (κ2) is 8.81. The highest BCUT2D eigenvalue weighted by molar-refractivity contribution is 5.74. The molecule has 1 unspecified atom stereocenters. The molecule has 2 fully saturated rings. The monoisotopic (exact) mass is 430 g/mol. The van der Waals surface area contributed by atoms with E-state index in [0.29, 0.717) is 0 Å². The second-order valence-electron chi connectivity index (χ2n) is 7.23. The fourth-order valence-corrected chi connectivity index (χ4v) is 3.94. The Morgan fingerprint density at radius 2 is 1.97 bits per heavy atom. The average Bonchev–Trinajstić information content (AvgIpc) is 3.26. The Balaban J connectivity index is 1.77. The van der Waals surface area contributed by atoms with Gasteiger partial charge in [-0.05, 0) is 25.3 Å². The zero-order valence-electron chi connectivity index (χ0n) is 16.8. The van der Waals surface area contributed by atoms with Gasteiger partial charge in [0.05, 0.1) is 12.6 Å². The number of halogens is 3. The van der Waals surface area contributed by atoms with Gasteiger partial charge in [-0.2, -0.15) is 13.2 Å². The van der Waals surface area contributed by atoms with Crippen molar-refractivity contribution in [3.63, 3.8) is 0 Å². The second-order valence-corrected chi connectivity index (χ2v) is 7.23. The third kappa shape index (κ3) is 4.11. The van der Waals surface area contributed by atoms with Gasteiger partial charge in [-0.3, -0.25) is 15.0 Å². The van der Waals surface area contributed by atoms with E-state index in [2.05, 4.69) is 5.32 Å². The van der Waals surface area contributed by atoms with Gasteiger partial charge < -0.3 is 14.2 Å². The summed E-state index contributed by atoms with van der Waals surface area (Å²) in [6, 6.07) is 8.16. The van der Waals surface area contributed by atoms with Crippen LogP contribution in [0.5, 0.6) is 0 Å². The summed E-state index contributed by atoms with van der Waals surface area (Å²) >= 11 is 0. The molecule has 4 atom stereocenters. The third-order valence-corrected chi connectivity index (χ3v) is 5.37. The zero-order valence-corrected chi connectivity index (χ0v) is 16.8. The number of nitrogens with one attached hydrogen (secondary N) is 1. The molecule has 3 rings (SSSR count). The number of ether oxygens (including phenoxy) is 3. The molecule has 2 aliphatic rings. The van der Waals surface area contributed by atoms with Crippen molar-refractivity contribution in [1.82, 2.24) is 10.2 Å². The van der Waals surface area contributed by atoms with E-state index < -0.39 is 42.2 Å². The van der Waals surface area contributed by atoms with E-state index in [4.69, 9.17) is 14.2 Å². The number of likely N-dealkylation sites (tertiary alicyclic amines) is 1. The predicted octanol–water partition coefficient (Wildman–Crippen LogP) is 3.19. The number of carbonyl (C=O) groups is 2. The maximum atomic E-state index is 14.1. The van der Waals surface area contributed by atoms with Crippen LogP contribution in [-0.2, 0) is 25.6 Å². The molecule has 0 aromatic heterocycles. The summed E-state index contributed by atoms with van der Waals surface area (Å²) in [7, 11) is 0. The first-order chi connectivity index (χ1) is 14.2. The largest absolute Gasteiger partial charge is 0.466 e. The van der Waals surface area contributed by atoms with Crippen molar-refractivity contribution in [3.8, 4) is 0 Å². The molecule has 2 heterocycles. The molecule has 2 aliphatic heterocycles. The van der Waals surface area contributed by atoms with Crippen LogP contribution >= 0.6 is 0 Å². The van der Waals surface area contributed by atoms with E-state index in [1.165, 1.54) is 13.8 Å². The van der Waals surface area contributed by atoms with Gasteiger partial charge in [0.25, 0.3) is 0 Å². The number of carbonyl (C=O) groups excluding carboxylic acids is 2. The first-order valence-corrected chi connectivity index (χ1v) is 9.89. The molecule has 0 saturated carbocycles. The fraction of sp³-hybridized carbons (Fsp3) is 0.600. The highest BCUT2D eigenvalue weighted by Gasteiger charge is 2.70. The van der Waals surface area contributed by atoms with Gasteiger partial charge >= 0.3 is 18.2 Å². The maximum Gasteiger partial charge on any atom is 0.432 e. The normalized spacial score (nSPS) is 26.9. The maximum absolute atomic E-state index is 14.1. The number of fused-ring (bicyclic) bond motifs is 1. The lowest BCUT2D eigenvalue weighted by atomic mass is 9.92. The summed E-state index contributed by atoms with van der Waals surface area (Å²) < 4.78 is 57.9. The number of nitrogens with zero attached hydrogens (tertiary/aromatic N) is 1. The molecule has 1 amide bonds. The van der Waals surface area contributed by atoms with Gasteiger partial charge in [0.15, 0.2) is 6.23 Å². The molecule has 30 heavy (non-hydrogen) atoms. The van der Waals surface area contributed by atoms with E-state index in [0.717, 1.165) is 10.5 Å². The summed E-state index contributed by atoms with van der Waals surface area (Å²) in [4.78, 5) is 25.9. The minimum Gasteiger partial charge on any atom is -0.466 e. The van der Waals surface area contributed by atoms with E-state index in [1.54, 1.807) is 24.3 Å². The number of alkyl halides is 3. The molecule has 0 aliphatic carbocycles. The molecule has 166 valence electrons. The summed E-state index contributed by atoms with van der Waals surface area (Å²) in [5.41, 5.74) is -2.17. The van der Waals surface area contributed by atoms with Crippen LogP contribution < -0.4 is 5.32 Å². The topological polar surface area (TPSA) is 77.1 Å². The third-order valence-electron chi connectivity index (χ3n) is 5.37.